The van der Waals surface area contributed by atoms with Crippen LogP contribution in [0.15, 0.2) is 88.8 Å². The third-order valence-electron chi connectivity index (χ3n) is 4.58. The molecule has 5 aromatic rings. The maximum Gasteiger partial charge on any atom is 0.260 e. The van der Waals surface area contributed by atoms with Crippen LogP contribution in [0.1, 0.15) is 10.4 Å². The number of para-hydroxylation sites is 1. The first kappa shape index (κ1) is 17.3. The second-order valence-electron chi connectivity index (χ2n) is 6.46. The van der Waals surface area contributed by atoms with Gasteiger partial charge >= 0.3 is 0 Å². The lowest BCUT2D eigenvalue weighted by molar-refractivity contribution is 0.102. The van der Waals surface area contributed by atoms with Crippen molar-refractivity contribution in [2.45, 2.75) is 0 Å². The van der Waals surface area contributed by atoms with Gasteiger partial charge in [-0.05, 0) is 46.5 Å². The highest BCUT2D eigenvalue weighted by Gasteiger charge is 2.16. The van der Waals surface area contributed by atoms with E-state index in [9.17, 15) is 4.79 Å². The lowest BCUT2D eigenvalue weighted by Crippen LogP contribution is -2.12. The van der Waals surface area contributed by atoms with E-state index < -0.39 is 0 Å². The summed E-state index contributed by atoms with van der Waals surface area (Å²) >= 11 is 1.54. The largest absolute Gasteiger partial charge is 0.334 e. The first-order chi connectivity index (χ1) is 14.3. The van der Waals surface area contributed by atoms with E-state index in [1.54, 1.807) is 11.3 Å². The topological polar surface area (TPSA) is 68.0 Å². The molecule has 0 fully saturated rings. The Morgan fingerprint density at radius 3 is 2.59 bits per heavy atom. The van der Waals surface area contributed by atoms with Crippen LogP contribution in [0, 0.1) is 0 Å². The summed E-state index contributed by atoms with van der Waals surface area (Å²) in [4.78, 5) is 18.3. The van der Waals surface area contributed by atoms with Gasteiger partial charge in [0.05, 0.1) is 16.1 Å². The number of nitrogens with one attached hydrogen (secondary N) is 1. The summed E-state index contributed by atoms with van der Waals surface area (Å²) < 4.78 is 5.45. The van der Waals surface area contributed by atoms with Crippen molar-refractivity contribution in [3.8, 4) is 22.2 Å². The molecular weight excluding hydrogens is 382 g/mol. The fraction of sp³-hybridized carbons (Fsp3) is 0. The average Bonchev–Trinajstić information content (AvgIpc) is 3.46. The van der Waals surface area contributed by atoms with Crippen LogP contribution >= 0.6 is 11.3 Å². The summed E-state index contributed by atoms with van der Waals surface area (Å²) in [7, 11) is 0. The number of benzene rings is 3. The van der Waals surface area contributed by atoms with Crippen LogP contribution in [0.25, 0.3) is 32.9 Å². The Kier molecular flexibility index (Phi) is 4.38. The number of carbonyl (C=O) groups is 1. The maximum absolute atomic E-state index is 12.9. The summed E-state index contributed by atoms with van der Waals surface area (Å²) in [6.07, 6.45) is 0. The van der Waals surface area contributed by atoms with Crippen LogP contribution in [0.3, 0.4) is 0 Å². The molecule has 0 aliphatic heterocycles. The van der Waals surface area contributed by atoms with E-state index in [1.807, 2.05) is 84.2 Å². The van der Waals surface area contributed by atoms with Crippen molar-refractivity contribution in [1.82, 2.24) is 10.1 Å². The Bertz CT molecular complexity index is 1310. The lowest BCUT2D eigenvalue weighted by atomic mass is 10.1. The van der Waals surface area contributed by atoms with Crippen LogP contribution in [-0.4, -0.2) is 16.0 Å². The molecule has 0 saturated carbocycles. The van der Waals surface area contributed by atoms with Crippen molar-refractivity contribution < 1.29 is 9.32 Å². The van der Waals surface area contributed by atoms with Crippen LogP contribution in [0.2, 0.25) is 0 Å². The van der Waals surface area contributed by atoms with Crippen LogP contribution in [0.4, 0.5) is 5.69 Å². The van der Waals surface area contributed by atoms with E-state index in [2.05, 4.69) is 15.5 Å². The van der Waals surface area contributed by atoms with Crippen molar-refractivity contribution in [2.75, 3.05) is 5.32 Å². The van der Waals surface area contributed by atoms with E-state index >= 15 is 0 Å². The highest BCUT2D eigenvalue weighted by molar-refractivity contribution is 7.13. The van der Waals surface area contributed by atoms with E-state index in [0.717, 1.165) is 15.6 Å². The Hall–Kier alpha value is -3.77. The molecule has 0 saturated heterocycles. The highest BCUT2D eigenvalue weighted by atomic mass is 32.1. The van der Waals surface area contributed by atoms with Gasteiger partial charge < -0.3 is 9.84 Å². The molecule has 0 spiro atoms. The minimum atomic E-state index is -0.193. The zero-order valence-corrected chi connectivity index (χ0v) is 16.0. The normalized spacial score (nSPS) is 10.9. The van der Waals surface area contributed by atoms with E-state index in [1.165, 1.54) is 0 Å². The molecule has 2 aromatic heterocycles. The number of fused-ring (bicyclic) bond motifs is 1. The van der Waals surface area contributed by atoms with Crippen molar-refractivity contribution in [3.05, 3.63) is 89.8 Å². The summed E-state index contributed by atoms with van der Waals surface area (Å²) in [5.74, 6) is 0.703. The Labute approximate surface area is 170 Å². The number of thiophene rings is 1. The van der Waals surface area contributed by atoms with Gasteiger partial charge in [0.15, 0.2) is 0 Å². The quantitative estimate of drug-likeness (QED) is 0.412. The summed E-state index contributed by atoms with van der Waals surface area (Å²) in [6.45, 7) is 0. The number of aromatic nitrogens is 2. The zero-order valence-electron chi connectivity index (χ0n) is 15.2. The van der Waals surface area contributed by atoms with Crippen LogP contribution in [0.5, 0.6) is 0 Å². The summed E-state index contributed by atoms with van der Waals surface area (Å²) in [5, 5.41) is 11.1. The molecule has 1 amide bonds. The molecule has 0 atom stereocenters. The van der Waals surface area contributed by atoms with Crippen molar-refractivity contribution in [3.63, 3.8) is 0 Å². The van der Waals surface area contributed by atoms with Gasteiger partial charge in [0, 0.05) is 5.56 Å². The Balaban J connectivity index is 1.45. The highest BCUT2D eigenvalue weighted by Crippen LogP contribution is 2.30. The lowest BCUT2D eigenvalue weighted by Gasteiger charge is -2.09. The van der Waals surface area contributed by atoms with Crippen LogP contribution < -0.4 is 5.32 Å². The second-order valence-corrected chi connectivity index (χ2v) is 7.41. The van der Waals surface area contributed by atoms with Crippen molar-refractivity contribution in [1.29, 1.82) is 0 Å². The molecule has 0 aliphatic carbocycles. The molecule has 0 bridgehead atoms. The molecule has 3 aromatic carbocycles. The predicted molar refractivity (Wildman–Crippen MR) is 115 cm³/mol. The number of carbonyl (C=O) groups excluding carboxylic acids is 1. The monoisotopic (exact) mass is 397 g/mol. The summed E-state index contributed by atoms with van der Waals surface area (Å²) in [6, 6.07) is 24.9. The number of hydrogen-bond donors (Lipinski definition) is 1. The third kappa shape index (κ3) is 3.41. The van der Waals surface area contributed by atoms with Gasteiger partial charge in [-0.25, -0.2) is 0 Å². The van der Waals surface area contributed by atoms with E-state index in [0.29, 0.717) is 28.5 Å². The van der Waals surface area contributed by atoms with Crippen LogP contribution in [-0.2, 0) is 0 Å². The minimum Gasteiger partial charge on any atom is -0.334 e. The summed E-state index contributed by atoms with van der Waals surface area (Å²) in [5.41, 5.74) is 1.88. The average molecular weight is 397 g/mol. The molecule has 6 heteroatoms. The van der Waals surface area contributed by atoms with Gasteiger partial charge in [-0.3, -0.25) is 4.79 Å². The molecule has 29 heavy (non-hydrogen) atoms. The molecule has 0 radical (unpaired) electrons. The fourth-order valence-electron chi connectivity index (χ4n) is 3.14. The SMILES string of the molecule is O=C(Nc1ccccc1-c1nc(-c2cccs2)no1)c1ccc2ccccc2c1. The number of hydrogen-bond acceptors (Lipinski definition) is 5. The van der Waals surface area contributed by atoms with Gasteiger partial charge in [-0.1, -0.05) is 53.7 Å². The van der Waals surface area contributed by atoms with Gasteiger partial charge in [0.2, 0.25) is 5.82 Å². The molecule has 5 nitrogen and oxygen atoms in total. The zero-order chi connectivity index (χ0) is 19.6. The van der Waals surface area contributed by atoms with Crippen molar-refractivity contribution >= 4 is 33.7 Å². The minimum absolute atomic E-state index is 0.193. The van der Waals surface area contributed by atoms with E-state index in [4.69, 9.17) is 4.52 Å². The first-order valence-electron chi connectivity index (χ1n) is 9.05. The predicted octanol–water partition coefficient (Wildman–Crippen LogP) is 5.87. The molecular formula is C23H15N3O2S. The number of nitrogens with zero attached hydrogens (tertiary/aromatic N) is 2. The van der Waals surface area contributed by atoms with Gasteiger partial charge in [-0.2, -0.15) is 4.98 Å². The number of anilines is 1. The first-order valence-corrected chi connectivity index (χ1v) is 9.93. The molecule has 1 N–H and O–H groups in total. The molecule has 0 aliphatic rings. The number of rotatable bonds is 4. The Morgan fingerprint density at radius 2 is 1.72 bits per heavy atom. The Morgan fingerprint density at radius 1 is 0.897 bits per heavy atom. The molecule has 0 unspecified atom stereocenters. The molecule has 2 heterocycles. The van der Waals surface area contributed by atoms with Gasteiger partial charge in [0.1, 0.15) is 0 Å². The van der Waals surface area contributed by atoms with E-state index in [-0.39, 0.29) is 5.91 Å². The molecule has 5 rings (SSSR count). The maximum atomic E-state index is 12.9. The fourth-order valence-corrected chi connectivity index (χ4v) is 3.79. The second kappa shape index (κ2) is 7.33. The van der Waals surface area contributed by atoms with Gasteiger partial charge in [-0.15, -0.1) is 11.3 Å². The van der Waals surface area contributed by atoms with Gasteiger partial charge in [0.25, 0.3) is 11.8 Å². The smallest absolute Gasteiger partial charge is 0.260 e. The van der Waals surface area contributed by atoms with Crippen molar-refractivity contribution in [2.24, 2.45) is 0 Å². The third-order valence-corrected chi connectivity index (χ3v) is 5.45. The molecule has 140 valence electrons. The number of amides is 1. The standard InChI is InChI=1S/C23H15N3O2S/c27-22(17-12-11-15-6-1-2-7-16(15)14-17)24-19-9-4-3-8-18(19)23-25-21(26-28-23)20-10-5-13-29-20/h1-14H,(H,24,27).